The molecule has 1 aromatic rings. The highest BCUT2D eigenvalue weighted by molar-refractivity contribution is 7.99. The van der Waals surface area contributed by atoms with Gasteiger partial charge in [-0.3, -0.25) is 0 Å². The molecule has 0 bridgehead atoms. The second-order valence-corrected chi connectivity index (χ2v) is 6.31. The molecule has 0 atom stereocenters. The minimum atomic E-state index is -4.36. The number of nitrogens with zero attached hydrogens (tertiary/aromatic N) is 1. The fourth-order valence-electron chi connectivity index (χ4n) is 2.16. The first-order chi connectivity index (χ1) is 9.99. The second kappa shape index (κ2) is 7.24. The molecular formula is C14H20F3N3S. The highest BCUT2D eigenvalue weighted by atomic mass is 32.2. The number of pyridine rings is 1. The van der Waals surface area contributed by atoms with E-state index in [1.54, 1.807) is 0 Å². The van der Waals surface area contributed by atoms with Crippen LogP contribution in [-0.2, 0) is 6.18 Å². The number of hydrogen-bond donors (Lipinski definition) is 2. The van der Waals surface area contributed by atoms with Crippen molar-refractivity contribution in [3.8, 4) is 0 Å². The van der Waals surface area contributed by atoms with Crippen LogP contribution in [0.25, 0.3) is 0 Å². The van der Waals surface area contributed by atoms with E-state index in [1.165, 1.54) is 0 Å². The van der Waals surface area contributed by atoms with Crippen LogP contribution < -0.4 is 10.6 Å². The van der Waals surface area contributed by atoms with Gasteiger partial charge in [-0.25, -0.2) is 4.98 Å². The fraction of sp³-hybridized carbons (Fsp3) is 0.643. The van der Waals surface area contributed by atoms with Crippen molar-refractivity contribution >= 4 is 23.4 Å². The van der Waals surface area contributed by atoms with E-state index in [1.807, 2.05) is 18.7 Å². The summed E-state index contributed by atoms with van der Waals surface area (Å²) in [6.07, 6.45) is -1.61. The minimum absolute atomic E-state index is 0.209. The Labute approximate surface area is 127 Å². The molecule has 0 radical (unpaired) electrons. The molecule has 0 unspecified atom stereocenters. The van der Waals surface area contributed by atoms with E-state index < -0.39 is 11.7 Å². The maximum Gasteiger partial charge on any atom is 0.416 e. The summed E-state index contributed by atoms with van der Waals surface area (Å²) in [7, 11) is 0. The Morgan fingerprint density at radius 3 is 2.52 bits per heavy atom. The lowest BCUT2D eigenvalue weighted by molar-refractivity contribution is -0.137. The normalized spacial score (nSPS) is 16.8. The average Bonchev–Trinajstić information content (AvgIpc) is 2.45. The fourth-order valence-corrected chi connectivity index (χ4v) is 3.27. The SMILES string of the molecule is CCCNc1cc(C(F)(F)F)cc(NC2CCSCC2)n1. The van der Waals surface area contributed by atoms with Crippen LogP contribution >= 0.6 is 11.8 Å². The molecule has 21 heavy (non-hydrogen) atoms. The standard InChI is InChI=1S/C14H20F3N3S/c1-2-5-18-12-8-10(14(15,16)17)9-13(20-12)19-11-3-6-21-7-4-11/h8-9,11H,2-7H2,1H3,(H2,18,19,20). The Morgan fingerprint density at radius 1 is 1.24 bits per heavy atom. The number of alkyl halides is 3. The van der Waals surface area contributed by atoms with Crippen molar-refractivity contribution in [2.45, 2.75) is 38.4 Å². The van der Waals surface area contributed by atoms with E-state index >= 15 is 0 Å². The Bertz CT molecular complexity index is 459. The van der Waals surface area contributed by atoms with E-state index in [0.29, 0.717) is 12.4 Å². The molecule has 3 nitrogen and oxygen atoms in total. The first-order valence-electron chi connectivity index (χ1n) is 7.16. The number of halogens is 3. The topological polar surface area (TPSA) is 37.0 Å². The zero-order valence-corrected chi connectivity index (χ0v) is 12.8. The smallest absolute Gasteiger partial charge is 0.370 e. The van der Waals surface area contributed by atoms with Gasteiger partial charge in [0.25, 0.3) is 0 Å². The van der Waals surface area contributed by atoms with Gasteiger partial charge in [0.05, 0.1) is 5.56 Å². The summed E-state index contributed by atoms with van der Waals surface area (Å²) >= 11 is 1.88. The van der Waals surface area contributed by atoms with Crippen LogP contribution in [0.1, 0.15) is 31.7 Å². The van der Waals surface area contributed by atoms with Gasteiger partial charge in [-0.1, -0.05) is 6.92 Å². The van der Waals surface area contributed by atoms with Crippen molar-refractivity contribution < 1.29 is 13.2 Å². The first-order valence-corrected chi connectivity index (χ1v) is 8.32. The lowest BCUT2D eigenvalue weighted by Crippen LogP contribution is -2.25. The number of thioether (sulfide) groups is 1. The Hall–Kier alpha value is -1.11. The Balaban J connectivity index is 2.17. The predicted octanol–water partition coefficient (Wildman–Crippen LogP) is 4.23. The lowest BCUT2D eigenvalue weighted by Gasteiger charge is -2.24. The van der Waals surface area contributed by atoms with Gasteiger partial charge >= 0.3 is 6.18 Å². The summed E-state index contributed by atoms with van der Waals surface area (Å²) < 4.78 is 38.9. The largest absolute Gasteiger partial charge is 0.416 e. The summed E-state index contributed by atoms with van der Waals surface area (Å²) in [6.45, 7) is 2.56. The quantitative estimate of drug-likeness (QED) is 0.851. The summed E-state index contributed by atoms with van der Waals surface area (Å²) in [4.78, 5) is 4.25. The van der Waals surface area contributed by atoms with Gasteiger partial charge < -0.3 is 10.6 Å². The molecule has 2 rings (SSSR count). The van der Waals surface area contributed by atoms with Crippen molar-refractivity contribution in [2.24, 2.45) is 0 Å². The van der Waals surface area contributed by atoms with Crippen LogP contribution in [0.4, 0.5) is 24.8 Å². The van der Waals surface area contributed by atoms with Gasteiger partial charge in [0.2, 0.25) is 0 Å². The summed E-state index contributed by atoms with van der Waals surface area (Å²) in [5.41, 5.74) is -0.663. The average molecular weight is 319 g/mol. The molecule has 1 aliphatic heterocycles. The molecule has 1 fully saturated rings. The van der Waals surface area contributed by atoms with Gasteiger partial charge in [-0.15, -0.1) is 0 Å². The van der Waals surface area contributed by atoms with E-state index in [2.05, 4.69) is 15.6 Å². The Kier molecular flexibility index (Phi) is 5.61. The number of aromatic nitrogens is 1. The van der Waals surface area contributed by atoms with Crippen LogP contribution in [0.2, 0.25) is 0 Å². The van der Waals surface area contributed by atoms with Crippen molar-refractivity contribution in [3.05, 3.63) is 17.7 Å². The van der Waals surface area contributed by atoms with Crippen LogP contribution in [0.15, 0.2) is 12.1 Å². The molecule has 1 aliphatic rings. The second-order valence-electron chi connectivity index (χ2n) is 5.08. The molecular weight excluding hydrogens is 299 g/mol. The molecule has 0 aromatic carbocycles. The van der Waals surface area contributed by atoms with E-state index in [-0.39, 0.29) is 11.9 Å². The molecule has 0 saturated carbocycles. The predicted molar refractivity (Wildman–Crippen MR) is 82.0 cm³/mol. The number of hydrogen-bond acceptors (Lipinski definition) is 4. The van der Waals surface area contributed by atoms with Crippen molar-refractivity contribution in [3.63, 3.8) is 0 Å². The van der Waals surface area contributed by atoms with E-state index in [9.17, 15) is 13.2 Å². The maximum atomic E-state index is 13.0. The van der Waals surface area contributed by atoms with Gasteiger partial charge in [0.15, 0.2) is 0 Å². The van der Waals surface area contributed by atoms with Crippen LogP contribution in [0.5, 0.6) is 0 Å². The van der Waals surface area contributed by atoms with Gasteiger partial charge in [-0.05, 0) is 42.9 Å². The van der Waals surface area contributed by atoms with Crippen molar-refractivity contribution in [2.75, 3.05) is 28.7 Å². The first kappa shape index (κ1) is 16.3. The number of rotatable bonds is 5. The third-order valence-electron chi connectivity index (χ3n) is 3.28. The lowest BCUT2D eigenvalue weighted by atomic mass is 10.1. The van der Waals surface area contributed by atoms with E-state index in [0.717, 1.165) is 42.9 Å². The zero-order chi connectivity index (χ0) is 15.3. The molecule has 118 valence electrons. The molecule has 0 amide bonds. The number of anilines is 2. The maximum absolute atomic E-state index is 13.0. The molecule has 2 N–H and O–H groups in total. The molecule has 0 aliphatic carbocycles. The summed E-state index contributed by atoms with van der Waals surface area (Å²) in [6, 6.07) is 2.37. The monoisotopic (exact) mass is 319 g/mol. The van der Waals surface area contributed by atoms with Gasteiger partial charge in [0.1, 0.15) is 11.6 Å². The molecule has 2 heterocycles. The third-order valence-corrected chi connectivity index (χ3v) is 4.33. The highest BCUT2D eigenvalue weighted by Crippen LogP contribution is 2.32. The van der Waals surface area contributed by atoms with Crippen molar-refractivity contribution in [1.29, 1.82) is 0 Å². The zero-order valence-electron chi connectivity index (χ0n) is 12.0. The molecule has 7 heteroatoms. The summed E-state index contributed by atoms with van der Waals surface area (Å²) in [5.74, 6) is 2.66. The molecule has 1 aromatic heterocycles. The van der Waals surface area contributed by atoms with E-state index in [4.69, 9.17) is 0 Å². The van der Waals surface area contributed by atoms with Crippen LogP contribution in [-0.4, -0.2) is 29.1 Å². The third kappa shape index (κ3) is 4.98. The minimum Gasteiger partial charge on any atom is -0.370 e. The number of nitrogens with one attached hydrogen (secondary N) is 2. The van der Waals surface area contributed by atoms with Crippen molar-refractivity contribution in [1.82, 2.24) is 4.98 Å². The highest BCUT2D eigenvalue weighted by Gasteiger charge is 2.32. The summed E-state index contributed by atoms with van der Waals surface area (Å²) in [5, 5.41) is 6.07. The molecule has 1 saturated heterocycles. The van der Waals surface area contributed by atoms with Gasteiger partial charge in [0, 0.05) is 12.6 Å². The van der Waals surface area contributed by atoms with Crippen LogP contribution in [0.3, 0.4) is 0 Å². The Morgan fingerprint density at radius 2 is 1.90 bits per heavy atom. The van der Waals surface area contributed by atoms with Gasteiger partial charge in [-0.2, -0.15) is 24.9 Å². The molecule has 0 spiro atoms. The van der Waals surface area contributed by atoms with Crippen LogP contribution in [0, 0.1) is 0 Å².